The van der Waals surface area contributed by atoms with E-state index in [1.54, 1.807) is 5.57 Å². The second-order valence-corrected chi connectivity index (χ2v) is 17.8. The Kier molecular flexibility index (Phi) is 11.1. The van der Waals surface area contributed by atoms with Gasteiger partial charge >= 0.3 is 6.09 Å². The Morgan fingerprint density at radius 3 is 2.35 bits per heavy atom. The first-order valence-electron chi connectivity index (χ1n) is 18.2. The summed E-state index contributed by atoms with van der Waals surface area (Å²) in [5.74, 6) is 4.30. The van der Waals surface area contributed by atoms with Gasteiger partial charge in [0.2, 0.25) is 0 Å². The van der Waals surface area contributed by atoms with Crippen LogP contribution in [0, 0.1) is 40.4 Å². The fourth-order valence-corrected chi connectivity index (χ4v) is 9.91. The molecule has 0 radical (unpaired) electrons. The average Bonchev–Trinajstić information content (AvgIpc) is 3.23. The van der Waals surface area contributed by atoms with Gasteiger partial charge in [0.1, 0.15) is 6.10 Å². The zero-order chi connectivity index (χ0) is 31.6. The number of amides is 1. The van der Waals surface area contributed by atoms with Crippen molar-refractivity contribution in [3.63, 3.8) is 0 Å². The Morgan fingerprint density at radius 1 is 0.953 bits per heavy atom. The van der Waals surface area contributed by atoms with Crippen LogP contribution in [0.15, 0.2) is 11.6 Å². The number of unbranched alkanes of at least 4 members (excludes halogenated alkanes) is 1. The van der Waals surface area contributed by atoms with Crippen LogP contribution in [0.4, 0.5) is 4.79 Å². The standard InChI is InChI=1S/C38H69N3O2/c1-27(2)12-9-10-13-28-15-17-32-31-16-14-29-26-30(18-21-38(29,8)33(31)19-22-37(28,32)7)43-34(42)41(25-23-36(5,6)40)24-11-20-35(3,4)39/h14,27-28,30-33H,9-13,15-26,39-40H2,1-8H3/t28?,30?,31?,32?,33?,37-,38?/m1/s1. The minimum atomic E-state index is -0.315. The van der Waals surface area contributed by atoms with Crippen molar-refractivity contribution in [1.29, 1.82) is 0 Å². The Morgan fingerprint density at radius 2 is 1.67 bits per heavy atom. The van der Waals surface area contributed by atoms with Crippen molar-refractivity contribution in [2.75, 3.05) is 13.1 Å². The fraction of sp³-hybridized carbons (Fsp3) is 0.921. The lowest BCUT2D eigenvalue weighted by Crippen LogP contribution is -2.50. The molecule has 0 aromatic heterocycles. The summed E-state index contributed by atoms with van der Waals surface area (Å²) in [6.45, 7) is 19.4. The molecule has 7 atom stereocenters. The highest BCUT2D eigenvalue weighted by Gasteiger charge is 2.58. The minimum absolute atomic E-state index is 0.0155. The highest BCUT2D eigenvalue weighted by molar-refractivity contribution is 5.68. The van der Waals surface area contributed by atoms with Gasteiger partial charge in [-0.25, -0.2) is 4.79 Å². The molecule has 4 aliphatic carbocycles. The maximum Gasteiger partial charge on any atom is 0.410 e. The number of carbonyl (C=O) groups is 1. The largest absolute Gasteiger partial charge is 0.446 e. The van der Waals surface area contributed by atoms with E-state index in [9.17, 15) is 4.79 Å². The fourth-order valence-electron chi connectivity index (χ4n) is 9.91. The normalized spacial score (nSPS) is 34.3. The molecule has 4 aliphatic rings. The molecule has 0 saturated heterocycles. The van der Waals surface area contributed by atoms with E-state index in [-0.39, 0.29) is 28.7 Å². The summed E-state index contributed by atoms with van der Waals surface area (Å²) in [5.41, 5.74) is 14.4. The monoisotopic (exact) mass is 600 g/mol. The maximum atomic E-state index is 13.5. The molecule has 248 valence electrons. The minimum Gasteiger partial charge on any atom is -0.446 e. The van der Waals surface area contributed by atoms with Gasteiger partial charge < -0.3 is 21.1 Å². The number of rotatable bonds is 13. The Balaban J connectivity index is 1.36. The molecule has 3 saturated carbocycles. The number of ether oxygens (including phenoxy) is 1. The van der Waals surface area contributed by atoms with E-state index in [1.807, 2.05) is 32.6 Å². The van der Waals surface area contributed by atoms with Crippen molar-refractivity contribution < 1.29 is 9.53 Å². The Bertz CT molecular complexity index is 961. The smallest absolute Gasteiger partial charge is 0.410 e. The van der Waals surface area contributed by atoms with Crippen LogP contribution >= 0.6 is 0 Å². The zero-order valence-corrected chi connectivity index (χ0v) is 29.5. The van der Waals surface area contributed by atoms with E-state index >= 15 is 0 Å². The summed E-state index contributed by atoms with van der Waals surface area (Å²) in [5, 5.41) is 0. The average molecular weight is 600 g/mol. The van der Waals surface area contributed by atoms with Crippen LogP contribution in [-0.2, 0) is 4.74 Å². The lowest BCUT2D eigenvalue weighted by molar-refractivity contribution is -0.0534. The maximum absolute atomic E-state index is 13.5. The van der Waals surface area contributed by atoms with Crippen LogP contribution in [0.5, 0.6) is 0 Å². The van der Waals surface area contributed by atoms with E-state index in [4.69, 9.17) is 16.2 Å². The third-order valence-corrected chi connectivity index (χ3v) is 12.6. The van der Waals surface area contributed by atoms with Crippen molar-refractivity contribution >= 4 is 6.09 Å². The number of allylic oxidation sites excluding steroid dienone is 1. The third-order valence-electron chi connectivity index (χ3n) is 12.6. The predicted molar refractivity (Wildman–Crippen MR) is 181 cm³/mol. The van der Waals surface area contributed by atoms with Gasteiger partial charge in [-0.1, -0.05) is 58.6 Å². The molecule has 0 aromatic carbocycles. The van der Waals surface area contributed by atoms with E-state index in [0.29, 0.717) is 18.5 Å². The topological polar surface area (TPSA) is 81.6 Å². The van der Waals surface area contributed by atoms with Crippen molar-refractivity contribution in [3.05, 3.63) is 11.6 Å². The molecule has 3 fully saturated rings. The van der Waals surface area contributed by atoms with Gasteiger partial charge in [0.15, 0.2) is 0 Å². The lowest BCUT2D eigenvalue weighted by atomic mass is 9.47. The van der Waals surface area contributed by atoms with Gasteiger partial charge in [0.25, 0.3) is 0 Å². The molecule has 0 aliphatic heterocycles. The molecule has 4 N–H and O–H groups in total. The molecule has 0 bridgehead atoms. The molecule has 5 nitrogen and oxygen atoms in total. The van der Waals surface area contributed by atoms with Crippen LogP contribution in [0.2, 0.25) is 0 Å². The van der Waals surface area contributed by atoms with Gasteiger partial charge in [-0.05, 0) is 139 Å². The molecule has 1 amide bonds. The SMILES string of the molecule is CC(C)CCCCC1CCC2C3CC=C4CC(OC(=O)N(CCCC(C)(C)N)CCC(C)(C)N)CCC4(C)C3CC[C@]12C. The van der Waals surface area contributed by atoms with Crippen molar-refractivity contribution in [2.24, 2.45) is 51.9 Å². The van der Waals surface area contributed by atoms with Crippen LogP contribution in [0.25, 0.3) is 0 Å². The van der Waals surface area contributed by atoms with Gasteiger partial charge in [-0.15, -0.1) is 0 Å². The molecule has 0 aromatic rings. The highest BCUT2D eigenvalue weighted by atomic mass is 16.6. The first kappa shape index (κ1) is 34.8. The van der Waals surface area contributed by atoms with E-state index < -0.39 is 0 Å². The second-order valence-electron chi connectivity index (χ2n) is 17.8. The van der Waals surface area contributed by atoms with Crippen LogP contribution in [0.3, 0.4) is 0 Å². The molecule has 4 rings (SSSR count). The summed E-state index contributed by atoms with van der Waals surface area (Å²) in [6.07, 6.45) is 20.6. The van der Waals surface area contributed by atoms with Crippen molar-refractivity contribution in [1.82, 2.24) is 4.90 Å². The summed E-state index contributed by atoms with van der Waals surface area (Å²) in [4.78, 5) is 15.4. The lowest BCUT2D eigenvalue weighted by Gasteiger charge is -2.58. The van der Waals surface area contributed by atoms with E-state index in [1.165, 1.54) is 57.8 Å². The number of fused-ring (bicyclic) bond motifs is 5. The van der Waals surface area contributed by atoms with Crippen LogP contribution in [-0.4, -0.2) is 41.3 Å². The molecular weight excluding hydrogens is 530 g/mol. The van der Waals surface area contributed by atoms with E-state index in [0.717, 1.165) is 68.1 Å². The van der Waals surface area contributed by atoms with Gasteiger partial charge in [0.05, 0.1) is 0 Å². The van der Waals surface area contributed by atoms with Crippen molar-refractivity contribution in [3.8, 4) is 0 Å². The number of hydrogen-bond acceptors (Lipinski definition) is 4. The Hall–Kier alpha value is -1.07. The molecule has 6 unspecified atom stereocenters. The first-order chi connectivity index (χ1) is 20.0. The van der Waals surface area contributed by atoms with Gasteiger partial charge in [-0.3, -0.25) is 0 Å². The summed E-state index contributed by atoms with van der Waals surface area (Å²) >= 11 is 0. The Labute approximate surface area is 265 Å². The van der Waals surface area contributed by atoms with Crippen LogP contribution in [0.1, 0.15) is 152 Å². The summed E-state index contributed by atoms with van der Waals surface area (Å²) in [7, 11) is 0. The van der Waals surface area contributed by atoms with Crippen LogP contribution < -0.4 is 11.5 Å². The first-order valence-corrected chi connectivity index (χ1v) is 18.2. The zero-order valence-electron chi connectivity index (χ0n) is 29.5. The summed E-state index contributed by atoms with van der Waals surface area (Å²) in [6, 6.07) is 0. The molecule has 0 heterocycles. The van der Waals surface area contributed by atoms with Gasteiger partial charge in [-0.2, -0.15) is 0 Å². The molecule has 43 heavy (non-hydrogen) atoms. The molecule has 0 spiro atoms. The number of nitrogens with zero attached hydrogens (tertiary/aromatic N) is 1. The number of hydrogen-bond donors (Lipinski definition) is 2. The number of nitrogens with two attached hydrogens (primary N) is 2. The molecule has 5 heteroatoms. The van der Waals surface area contributed by atoms with Crippen molar-refractivity contribution in [2.45, 2.75) is 169 Å². The molecular formula is C38H69N3O2. The summed E-state index contributed by atoms with van der Waals surface area (Å²) < 4.78 is 6.27. The quantitative estimate of drug-likeness (QED) is 0.163. The van der Waals surface area contributed by atoms with E-state index in [2.05, 4.69) is 33.8 Å². The predicted octanol–water partition coefficient (Wildman–Crippen LogP) is 9.23. The van der Waals surface area contributed by atoms with Gasteiger partial charge in [0, 0.05) is 30.6 Å². The third kappa shape index (κ3) is 8.60. The second kappa shape index (κ2) is 13.7. The highest BCUT2D eigenvalue weighted by Crippen LogP contribution is 2.66. The number of carbonyl (C=O) groups excluding carboxylic acids is 1.